The van der Waals surface area contributed by atoms with Crippen molar-refractivity contribution in [2.75, 3.05) is 13.1 Å². The van der Waals surface area contributed by atoms with Crippen LogP contribution in [0.25, 0.3) is 10.6 Å². The van der Waals surface area contributed by atoms with E-state index in [2.05, 4.69) is 15.6 Å². The third-order valence-electron chi connectivity index (χ3n) is 3.01. The van der Waals surface area contributed by atoms with Crippen LogP contribution >= 0.6 is 11.3 Å². The third-order valence-corrected chi connectivity index (χ3v) is 4.21. The van der Waals surface area contributed by atoms with Gasteiger partial charge in [0, 0.05) is 12.1 Å². The first-order chi connectivity index (χ1) is 10.6. The Morgan fingerprint density at radius 2 is 1.91 bits per heavy atom. The molecule has 0 unspecified atom stereocenters. The minimum absolute atomic E-state index is 0.0170. The summed E-state index contributed by atoms with van der Waals surface area (Å²) in [5, 5.41) is 6.16. The van der Waals surface area contributed by atoms with Crippen molar-refractivity contribution >= 4 is 23.2 Å². The van der Waals surface area contributed by atoms with E-state index in [9.17, 15) is 9.59 Å². The zero-order valence-electron chi connectivity index (χ0n) is 12.7. The predicted molar refractivity (Wildman–Crippen MR) is 87.9 cm³/mol. The SMILES string of the molecule is CCCNC(=O)CNC(=O)c1sc(-c2ccccc2)nc1C. The normalized spacial score (nSPS) is 10.3. The van der Waals surface area contributed by atoms with Crippen LogP contribution in [0.3, 0.4) is 0 Å². The van der Waals surface area contributed by atoms with Crippen molar-refractivity contribution in [1.29, 1.82) is 0 Å². The van der Waals surface area contributed by atoms with Crippen molar-refractivity contribution in [2.45, 2.75) is 20.3 Å². The van der Waals surface area contributed by atoms with E-state index in [0.29, 0.717) is 17.1 Å². The second kappa shape index (κ2) is 7.70. The first kappa shape index (κ1) is 16.2. The molecule has 0 bridgehead atoms. The fourth-order valence-corrected chi connectivity index (χ4v) is 2.87. The topological polar surface area (TPSA) is 71.1 Å². The highest BCUT2D eigenvalue weighted by Gasteiger charge is 2.16. The second-order valence-corrected chi connectivity index (χ2v) is 5.83. The lowest BCUT2D eigenvalue weighted by Crippen LogP contribution is -2.37. The van der Waals surface area contributed by atoms with Gasteiger partial charge >= 0.3 is 0 Å². The summed E-state index contributed by atoms with van der Waals surface area (Å²) in [6.45, 7) is 4.38. The third kappa shape index (κ3) is 4.14. The number of hydrogen-bond acceptors (Lipinski definition) is 4. The summed E-state index contributed by atoms with van der Waals surface area (Å²) < 4.78 is 0. The minimum Gasteiger partial charge on any atom is -0.355 e. The standard InChI is InChI=1S/C16H19N3O2S/c1-3-9-17-13(20)10-18-15(21)14-11(2)19-16(22-14)12-7-5-4-6-8-12/h4-8H,3,9-10H2,1-2H3,(H,17,20)(H,18,21). The number of nitrogens with one attached hydrogen (secondary N) is 2. The zero-order chi connectivity index (χ0) is 15.9. The molecule has 2 aromatic rings. The van der Waals surface area contributed by atoms with E-state index in [-0.39, 0.29) is 18.4 Å². The van der Waals surface area contributed by atoms with Crippen LogP contribution in [0.15, 0.2) is 30.3 Å². The Kier molecular flexibility index (Phi) is 5.66. The number of carbonyl (C=O) groups excluding carboxylic acids is 2. The lowest BCUT2D eigenvalue weighted by atomic mass is 10.2. The van der Waals surface area contributed by atoms with Crippen LogP contribution in [0.2, 0.25) is 0 Å². The van der Waals surface area contributed by atoms with Gasteiger partial charge in [-0.05, 0) is 13.3 Å². The van der Waals surface area contributed by atoms with Crippen LogP contribution in [0.1, 0.15) is 28.7 Å². The fraction of sp³-hybridized carbons (Fsp3) is 0.312. The maximum atomic E-state index is 12.2. The molecule has 5 nitrogen and oxygen atoms in total. The van der Waals surface area contributed by atoms with Gasteiger partial charge in [-0.25, -0.2) is 4.98 Å². The van der Waals surface area contributed by atoms with Crippen LogP contribution in [0, 0.1) is 6.92 Å². The summed E-state index contributed by atoms with van der Waals surface area (Å²) in [5.74, 6) is -0.440. The average molecular weight is 317 g/mol. The lowest BCUT2D eigenvalue weighted by molar-refractivity contribution is -0.120. The van der Waals surface area contributed by atoms with E-state index in [0.717, 1.165) is 17.0 Å². The zero-order valence-corrected chi connectivity index (χ0v) is 13.5. The number of hydrogen-bond donors (Lipinski definition) is 2. The van der Waals surface area contributed by atoms with Crippen molar-refractivity contribution in [2.24, 2.45) is 0 Å². The highest BCUT2D eigenvalue weighted by molar-refractivity contribution is 7.17. The average Bonchev–Trinajstić information content (AvgIpc) is 2.93. The first-order valence-corrected chi connectivity index (χ1v) is 8.01. The van der Waals surface area contributed by atoms with Crippen molar-refractivity contribution < 1.29 is 9.59 Å². The molecular formula is C16H19N3O2S. The molecule has 1 heterocycles. The largest absolute Gasteiger partial charge is 0.355 e. The molecule has 6 heteroatoms. The molecule has 1 aromatic carbocycles. The Morgan fingerprint density at radius 3 is 2.59 bits per heavy atom. The van der Waals surface area contributed by atoms with Gasteiger partial charge in [-0.1, -0.05) is 37.3 Å². The van der Waals surface area contributed by atoms with Gasteiger partial charge in [0.1, 0.15) is 9.88 Å². The molecule has 0 aliphatic rings. The molecule has 0 saturated carbocycles. The quantitative estimate of drug-likeness (QED) is 0.859. The summed E-state index contributed by atoms with van der Waals surface area (Å²) in [6.07, 6.45) is 0.869. The molecule has 2 amide bonds. The Balaban J connectivity index is 2.02. The second-order valence-electron chi connectivity index (χ2n) is 4.83. The van der Waals surface area contributed by atoms with Gasteiger partial charge in [-0.15, -0.1) is 11.3 Å². The molecule has 116 valence electrons. The Hall–Kier alpha value is -2.21. The van der Waals surface area contributed by atoms with E-state index in [1.54, 1.807) is 6.92 Å². The van der Waals surface area contributed by atoms with E-state index in [1.807, 2.05) is 37.3 Å². The van der Waals surface area contributed by atoms with Crippen molar-refractivity contribution in [3.8, 4) is 10.6 Å². The molecule has 0 fully saturated rings. The van der Waals surface area contributed by atoms with Gasteiger partial charge in [-0.3, -0.25) is 9.59 Å². The molecule has 0 saturated heterocycles. The van der Waals surface area contributed by atoms with Gasteiger partial charge in [0.25, 0.3) is 5.91 Å². The number of aromatic nitrogens is 1. The number of nitrogens with zero attached hydrogens (tertiary/aromatic N) is 1. The Morgan fingerprint density at radius 1 is 1.18 bits per heavy atom. The fourth-order valence-electron chi connectivity index (χ4n) is 1.88. The molecule has 0 atom stereocenters. The van der Waals surface area contributed by atoms with E-state index >= 15 is 0 Å². The van der Waals surface area contributed by atoms with Gasteiger partial charge in [0.15, 0.2) is 0 Å². The van der Waals surface area contributed by atoms with Crippen molar-refractivity contribution in [1.82, 2.24) is 15.6 Å². The van der Waals surface area contributed by atoms with Crippen LogP contribution in [-0.2, 0) is 4.79 Å². The van der Waals surface area contributed by atoms with Crippen LogP contribution in [-0.4, -0.2) is 29.9 Å². The maximum Gasteiger partial charge on any atom is 0.263 e. The van der Waals surface area contributed by atoms with Gasteiger partial charge in [0.05, 0.1) is 12.2 Å². The smallest absolute Gasteiger partial charge is 0.263 e. The molecule has 22 heavy (non-hydrogen) atoms. The lowest BCUT2D eigenvalue weighted by Gasteiger charge is -2.04. The number of benzene rings is 1. The van der Waals surface area contributed by atoms with Gasteiger partial charge in [-0.2, -0.15) is 0 Å². The number of aryl methyl sites for hydroxylation is 1. The molecule has 0 aliphatic heterocycles. The van der Waals surface area contributed by atoms with Crippen molar-refractivity contribution in [3.05, 3.63) is 40.9 Å². The van der Waals surface area contributed by atoms with Crippen LogP contribution in [0.5, 0.6) is 0 Å². The number of rotatable bonds is 6. The molecule has 0 spiro atoms. The summed E-state index contributed by atoms with van der Waals surface area (Å²) >= 11 is 1.34. The monoisotopic (exact) mass is 317 g/mol. The summed E-state index contributed by atoms with van der Waals surface area (Å²) in [6, 6.07) is 9.72. The Bertz CT molecular complexity index is 653. The molecule has 0 radical (unpaired) electrons. The molecule has 0 aliphatic carbocycles. The van der Waals surface area contributed by atoms with E-state index < -0.39 is 0 Å². The minimum atomic E-state index is -0.260. The van der Waals surface area contributed by atoms with Crippen LogP contribution < -0.4 is 10.6 Å². The summed E-state index contributed by atoms with van der Waals surface area (Å²) in [7, 11) is 0. The van der Waals surface area contributed by atoms with Gasteiger partial charge in [0.2, 0.25) is 5.91 Å². The van der Waals surface area contributed by atoms with E-state index in [4.69, 9.17) is 0 Å². The van der Waals surface area contributed by atoms with Crippen molar-refractivity contribution in [3.63, 3.8) is 0 Å². The van der Waals surface area contributed by atoms with E-state index in [1.165, 1.54) is 11.3 Å². The number of amides is 2. The van der Waals surface area contributed by atoms with Crippen LogP contribution in [0.4, 0.5) is 0 Å². The highest BCUT2D eigenvalue weighted by atomic mass is 32.1. The first-order valence-electron chi connectivity index (χ1n) is 7.19. The summed E-state index contributed by atoms with van der Waals surface area (Å²) in [4.78, 5) is 28.7. The van der Waals surface area contributed by atoms with Gasteiger partial charge < -0.3 is 10.6 Å². The Labute approximate surface area is 133 Å². The maximum absolute atomic E-state index is 12.2. The summed E-state index contributed by atoms with van der Waals surface area (Å²) in [5.41, 5.74) is 1.66. The molecular weight excluding hydrogens is 298 g/mol. The number of thiazole rings is 1. The molecule has 2 N–H and O–H groups in total. The number of carbonyl (C=O) groups is 2. The highest BCUT2D eigenvalue weighted by Crippen LogP contribution is 2.27. The predicted octanol–water partition coefficient (Wildman–Crippen LogP) is 2.37. The molecule has 2 rings (SSSR count). The molecule has 1 aromatic heterocycles.